The molecule has 0 heterocycles. The number of anilines is 1. The minimum Gasteiger partial charge on any atom is -0.444 e. The van der Waals surface area contributed by atoms with Crippen molar-refractivity contribution < 1.29 is 19.1 Å². The van der Waals surface area contributed by atoms with E-state index in [-0.39, 0.29) is 0 Å². The molecule has 0 bridgehead atoms. The van der Waals surface area contributed by atoms with Crippen LogP contribution in [0.15, 0.2) is 48.5 Å². The van der Waals surface area contributed by atoms with Crippen molar-refractivity contribution in [3.05, 3.63) is 65.2 Å². The molecule has 2 aromatic rings. The smallest absolute Gasteiger partial charge is 0.408 e. The van der Waals surface area contributed by atoms with Gasteiger partial charge in [0, 0.05) is 11.3 Å². The maximum absolute atomic E-state index is 13.6. The lowest BCUT2D eigenvalue weighted by atomic mass is 9.97. The van der Waals surface area contributed by atoms with Gasteiger partial charge in [-0.15, -0.1) is 6.42 Å². The van der Waals surface area contributed by atoms with Crippen molar-refractivity contribution in [2.24, 2.45) is 0 Å². The fraction of sp³-hybridized carbons (Fsp3) is 0.333. The molecule has 2 atom stereocenters. The second-order valence-electron chi connectivity index (χ2n) is 8.93. The highest BCUT2D eigenvalue weighted by Crippen LogP contribution is 2.27. The lowest BCUT2D eigenvalue weighted by Crippen LogP contribution is -2.51. The maximum atomic E-state index is 13.6. The summed E-state index contributed by atoms with van der Waals surface area (Å²) in [5.74, 6) is 1.35. The number of terminal acetylenes is 1. The van der Waals surface area contributed by atoms with E-state index in [1.807, 2.05) is 25.1 Å². The lowest BCUT2D eigenvalue weighted by Gasteiger charge is -2.32. The molecule has 0 aliphatic heterocycles. The molecule has 0 saturated heterocycles. The number of nitriles is 1. The summed E-state index contributed by atoms with van der Waals surface area (Å²) < 4.78 is 5.23. The monoisotopic (exact) mass is 474 g/mol. The molecule has 0 aliphatic rings. The summed E-state index contributed by atoms with van der Waals surface area (Å²) in [6, 6.07) is 13.5. The van der Waals surface area contributed by atoms with Crippen molar-refractivity contribution in [2.75, 3.05) is 11.9 Å². The van der Waals surface area contributed by atoms with Crippen LogP contribution in [-0.2, 0) is 14.3 Å². The molecule has 8 nitrogen and oxygen atoms in total. The van der Waals surface area contributed by atoms with Gasteiger partial charge < -0.3 is 20.3 Å². The number of rotatable bonds is 7. The summed E-state index contributed by atoms with van der Waals surface area (Å²) in [5, 5.41) is 14.8. The second-order valence-corrected chi connectivity index (χ2v) is 8.93. The average Bonchev–Trinajstić information content (AvgIpc) is 2.78. The Labute approximate surface area is 206 Å². The van der Waals surface area contributed by atoms with Crippen LogP contribution in [0.25, 0.3) is 0 Å². The van der Waals surface area contributed by atoms with Crippen molar-refractivity contribution in [2.45, 2.75) is 52.3 Å². The Bertz CT molecular complexity index is 1170. The third kappa shape index (κ3) is 7.35. The zero-order valence-electron chi connectivity index (χ0n) is 20.6. The summed E-state index contributed by atoms with van der Waals surface area (Å²) in [4.78, 5) is 40.4. The summed E-state index contributed by atoms with van der Waals surface area (Å²) in [7, 11) is 0. The highest BCUT2D eigenvalue weighted by molar-refractivity contribution is 5.99. The van der Waals surface area contributed by atoms with Gasteiger partial charge in [-0.05, 0) is 57.9 Å². The molecule has 2 aromatic carbocycles. The average molecular weight is 475 g/mol. The van der Waals surface area contributed by atoms with Crippen LogP contribution in [0, 0.1) is 30.6 Å². The molecule has 182 valence electrons. The second kappa shape index (κ2) is 11.7. The number of nitrogens with zero attached hydrogens (tertiary/aromatic N) is 2. The molecule has 3 amide bonds. The molecule has 0 radical (unpaired) electrons. The number of benzene rings is 2. The quantitative estimate of drug-likeness (QED) is 0.467. The molecule has 35 heavy (non-hydrogen) atoms. The number of amides is 3. The number of hydrogen-bond donors (Lipinski definition) is 2. The van der Waals surface area contributed by atoms with E-state index in [1.54, 1.807) is 57.2 Å². The standard InChI is InChI=1S/C27H30N4O4/c1-7-20-13-9-10-14-21(20)23(24(32)30-22-15-11-8-12-18(22)2)31(17-16-28)25(33)19(3)29-26(34)35-27(4,5)6/h1,8-15,19,23H,17H2,2-6H3,(H,29,34)(H,30,32). The van der Waals surface area contributed by atoms with Crippen molar-refractivity contribution in [3.8, 4) is 18.4 Å². The molecule has 0 aromatic heterocycles. The number of nitrogens with one attached hydrogen (secondary N) is 2. The third-order valence-corrected chi connectivity index (χ3v) is 5.00. The van der Waals surface area contributed by atoms with Gasteiger partial charge in [-0.25, -0.2) is 4.79 Å². The van der Waals surface area contributed by atoms with Crippen LogP contribution in [0.5, 0.6) is 0 Å². The first-order chi connectivity index (χ1) is 16.5. The number of alkyl carbamates (subject to hydrolysis) is 1. The van der Waals surface area contributed by atoms with E-state index in [0.29, 0.717) is 16.8 Å². The van der Waals surface area contributed by atoms with E-state index in [1.165, 1.54) is 6.92 Å². The predicted octanol–water partition coefficient (Wildman–Crippen LogP) is 3.92. The number of para-hydroxylation sites is 1. The molecule has 2 unspecified atom stereocenters. The van der Waals surface area contributed by atoms with E-state index in [4.69, 9.17) is 11.2 Å². The van der Waals surface area contributed by atoms with E-state index < -0.39 is 42.1 Å². The Hall–Kier alpha value is -4.30. The van der Waals surface area contributed by atoms with E-state index >= 15 is 0 Å². The molecular weight excluding hydrogens is 444 g/mol. The Balaban J connectivity index is 2.48. The molecule has 8 heteroatoms. The first-order valence-corrected chi connectivity index (χ1v) is 11.1. The van der Waals surface area contributed by atoms with Crippen molar-refractivity contribution in [1.82, 2.24) is 10.2 Å². The number of carbonyl (C=O) groups excluding carboxylic acids is 3. The van der Waals surface area contributed by atoms with Gasteiger partial charge >= 0.3 is 6.09 Å². The highest BCUT2D eigenvalue weighted by atomic mass is 16.6. The molecule has 2 N–H and O–H groups in total. The zero-order valence-corrected chi connectivity index (χ0v) is 20.6. The van der Waals surface area contributed by atoms with E-state index in [2.05, 4.69) is 16.6 Å². The number of carbonyl (C=O) groups is 3. The van der Waals surface area contributed by atoms with Gasteiger partial charge in [0.25, 0.3) is 5.91 Å². The Morgan fingerprint density at radius 1 is 1.11 bits per heavy atom. The molecule has 0 spiro atoms. The summed E-state index contributed by atoms with van der Waals surface area (Å²) >= 11 is 0. The number of hydrogen-bond acceptors (Lipinski definition) is 5. The van der Waals surface area contributed by atoms with Crippen LogP contribution in [-0.4, -0.2) is 41.0 Å². The normalized spacial score (nSPS) is 12.3. The van der Waals surface area contributed by atoms with Gasteiger partial charge in [0.05, 0.1) is 6.07 Å². The SMILES string of the molecule is C#Cc1ccccc1C(C(=O)Nc1ccccc1C)N(CC#N)C(=O)C(C)NC(=O)OC(C)(C)C. The van der Waals surface area contributed by atoms with Crippen LogP contribution in [0.4, 0.5) is 10.5 Å². The molecule has 2 rings (SSSR count). The van der Waals surface area contributed by atoms with Gasteiger partial charge in [-0.2, -0.15) is 5.26 Å². The molecule has 0 saturated carbocycles. The third-order valence-electron chi connectivity index (χ3n) is 5.00. The van der Waals surface area contributed by atoms with Gasteiger partial charge in [0.2, 0.25) is 5.91 Å². The largest absolute Gasteiger partial charge is 0.444 e. The fourth-order valence-electron chi connectivity index (χ4n) is 3.40. The van der Waals surface area contributed by atoms with Crippen LogP contribution >= 0.6 is 0 Å². The first kappa shape index (κ1) is 26.9. The minimum absolute atomic E-state index is 0.383. The van der Waals surface area contributed by atoms with Gasteiger partial charge in [-0.1, -0.05) is 42.3 Å². The predicted molar refractivity (Wildman–Crippen MR) is 133 cm³/mol. The van der Waals surface area contributed by atoms with Crippen LogP contribution in [0.2, 0.25) is 0 Å². The first-order valence-electron chi connectivity index (χ1n) is 11.1. The summed E-state index contributed by atoms with van der Waals surface area (Å²) in [6.07, 6.45) is 4.88. The summed E-state index contributed by atoms with van der Waals surface area (Å²) in [6.45, 7) is 7.98. The van der Waals surface area contributed by atoms with Gasteiger partial charge in [0.1, 0.15) is 24.2 Å². The molecule has 0 fully saturated rings. The molecule has 0 aliphatic carbocycles. The van der Waals surface area contributed by atoms with Crippen molar-refractivity contribution >= 4 is 23.6 Å². The Morgan fingerprint density at radius 3 is 2.34 bits per heavy atom. The maximum Gasteiger partial charge on any atom is 0.408 e. The molecular formula is C27H30N4O4. The van der Waals surface area contributed by atoms with Crippen LogP contribution < -0.4 is 10.6 Å². The Morgan fingerprint density at radius 2 is 1.74 bits per heavy atom. The van der Waals surface area contributed by atoms with Crippen LogP contribution in [0.3, 0.4) is 0 Å². The van der Waals surface area contributed by atoms with E-state index in [9.17, 15) is 19.6 Å². The van der Waals surface area contributed by atoms with Crippen LogP contribution in [0.1, 0.15) is 50.4 Å². The number of aryl methyl sites for hydroxylation is 1. The minimum atomic E-state index is -1.23. The zero-order chi connectivity index (χ0) is 26.2. The fourth-order valence-corrected chi connectivity index (χ4v) is 3.40. The highest BCUT2D eigenvalue weighted by Gasteiger charge is 2.36. The number of ether oxygens (including phenoxy) is 1. The van der Waals surface area contributed by atoms with Crippen molar-refractivity contribution in [1.29, 1.82) is 5.26 Å². The Kier molecular flexibility index (Phi) is 9.02. The topological polar surface area (TPSA) is 112 Å². The lowest BCUT2D eigenvalue weighted by molar-refractivity contribution is -0.139. The van der Waals surface area contributed by atoms with Crippen molar-refractivity contribution in [3.63, 3.8) is 0 Å². The van der Waals surface area contributed by atoms with E-state index in [0.717, 1.165) is 10.5 Å². The van der Waals surface area contributed by atoms with Gasteiger partial charge in [0.15, 0.2) is 0 Å². The van der Waals surface area contributed by atoms with Gasteiger partial charge in [-0.3, -0.25) is 9.59 Å². The summed E-state index contributed by atoms with van der Waals surface area (Å²) in [5.41, 5.74) is 1.41.